The first-order chi connectivity index (χ1) is 7.87. The maximum absolute atomic E-state index is 13.3. The molecule has 4 heteroatoms. The van der Waals surface area contributed by atoms with E-state index in [4.69, 9.17) is 10.5 Å². The summed E-state index contributed by atoms with van der Waals surface area (Å²) in [5.41, 5.74) is 6.38. The Morgan fingerprint density at radius 3 is 2.41 bits per heavy atom. The highest BCUT2D eigenvalue weighted by Gasteiger charge is 2.38. The Kier molecular flexibility index (Phi) is 2.86. The molecule has 0 bridgehead atoms. The van der Waals surface area contributed by atoms with E-state index in [0.29, 0.717) is 11.3 Å². The zero-order valence-electron chi connectivity index (χ0n) is 10.1. The summed E-state index contributed by atoms with van der Waals surface area (Å²) in [5, 5.41) is 0. The number of rotatable bonds is 3. The zero-order valence-corrected chi connectivity index (χ0v) is 10.1. The second-order valence-electron chi connectivity index (χ2n) is 4.81. The quantitative estimate of drug-likeness (QED) is 0.882. The van der Waals surface area contributed by atoms with Gasteiger partial charge in [0.15, 0.2) is 0 Å². The van der Waals surface area contributed by atoms with Crippen molar-refractivity contribution in [3.8, 4) is 5.75 Å². The summed E-state index contributed by atoms with van der Waals surface area (Å²) in [5.74, 6) is -2.25. The zero-order chi connectivity index (χ0) is 12.7. The highest BCUT2D eigenvalue weighted by atomic mass is 19.3. The van der Waals surface area contributed by atoms with Crippen molar-refractivity contribution in [2.75, 3.05) is 7.11 Å². The van der Waals surface area contributed by atoms with Gasteiger partial charge in [0.2, 0.25) is 0 Å². The molecule has 0 amide bonds. The molecule has 0 atom stereocenters. The molecule has 0 aromatic heterocycles. The molecule has 0 radical (unpaired) electrons. The second-order valence-corrected chi connectivity index (χ2v) is 4.81. The molecule has 0 heterocycles. The molecule has 2 nitrogen and oxygen atoms in total. The summed E-state index contributed by atoms with van der Waals surface area (Å²) in [6, 6.07) is 4.46. The molecule has 1 aliphatic rings. The van der Waals surface area contributed by atoms with Crippen LogP contribution in [0.3, 0.4) is 0 Å². The lowest BCUT2D eigenvalue weighted by molar-refractivity contribution is 0.0172. The monoisotopic (exact) mass is 241 g/mol. The molecule has 1 aromatic carbocycles. The average Bonchev–Trinajstić information content (AvgIpc) is 2.23. The fourth-order valence-corrected chi connectivity index (χ4v) is 2.20. The van der Waals surface area contributed by atoms with Gasteiger partial charge in [-0.3, -0.25) is 0 Å². The minimum atomic E-state index is -2.85. The third-order valence-corrected chi connectivity index (χ3v) is 3.49. The van der Waals surface area contributed by atoms with E-state index < -0.39 is 11.5 Å². The van der Waals surface area contributed by atoms with Crippen LogP contribution in [0.4, 0.5) is 8.78 Å². The van der Waals surface area contributed by atoms with Gasteiger partial charge >= 0.3 is 0 Å². The van der Waals surface area contributed by atoms with Gasteiger partial charge in [0, 0.05) is 23.6 Å². The molecule has 2 rings (SSSR count). The van der Waals surface area contributed by atoms with Crippen LogP contribution in [-0.4, -0.2) is 7.11 Å². The number of nitrogens with two attached hydrogens (primary N) is 1. The molecule has 17 heavy (non-hydrogen) atoms. The van der Waals surface area contributed by atoms with E-state index in [2.05, 4.69) is 0 Å². The highest BCUT2D eigenvalue weighted by molar-refractivity contribution is 5.44. The summed E-state index contributed by atoms with van der Waals surface area (Å²) < 4.78 is 31.8. The minimum Gasteiger partial charge on any atom is -0.496 e. The molecule has 1 aromatic rings. The lowest BCUT2D eigenvalue weighted by Crippen LogP contribution is -2.43. The van der Waals surface area contributed by atoms with Crippen molar-refractivity contribution in [2.45, 2.75) is 37.6 Å². The van der Waals surface area contributed by atoms with Gasteiger partial charge in [-0.25, -0.2) is 8.78 Å². The first-order valence-corrected chi connectivity index (χ1v) is 5.72. The lowest BCUT2D eigenvalue weighted by atomic mass is 9.72. The van der Waals surface area contributed by atoms with Crippen molar-refractivity contribution in [1.82, 2.24) is 0 Å². The predicted molar refractivity (Wildman–Crippen MR) is 62.3 cm³/mol. The summed E-state index contributed by atoms with van der Waals surface area (Å²) >= 11 is 0. The summed E-state index contributed by atoms with van der Waals surface area (Å²) in [4.78, 5) is 0. The van der Waals surface area contributed by atoms with Crippen molar-refractivity contribution >= 4 is 0 Å². The largest absolute Gasteiger partial charge is 0.496 e. The van der Waals surface area contributed by atoms with Crippen LogP contribution in [0.25, 0.3) is 0 Å². The van der Waals surface area contributed by atoms with Gasteiger partial charge in [0.05, 0.1) is 7.11 Å². The molecule has 94 valence electrons. The van der Waals surface area contributed by atoms with Crippen LogP contribution in [0.15, 0.2) is 18.2 Å². The Morgan fingerprint density at radius 2 is 2.00 bits per heavy atom. The Labute approximate surface area is 99.8 Å². The summed E-state index contributed by atoms with van der Waals surface area (Å²) in [7, 11) is 1.53. The average molecular weight is 241 g/mol. The normalized spacial score (nSPS) is 18.6. The van der Waals surface area contributed by atoms with Gasteiger partial charge in [-0.05, 0) is 37.5 Å². The van der Waals surface area contributed by atoms with Crippen molar-refractivity contribution in [3.63, 3.8) is 0 Å². The summed E-state index contributed by atoms with van der Waals surface area (Å²) in [6.07, 6.45) is 2.68. The molecule has 0 spiro atoms. The van der Waals surface area contributed by atoms with Crippen LogP contribution in [-0.2, 0) is 11.5 Å². The topological polar surface area (TPSA) is 35.2 Å². The molecule has 0 aliphatic heterocycles. The first-order valence-electron chi connectivity index (χ1n) is 5.72. The number of ether oxygens (including phenoxy) is 1. The van der Waals surface area contributed by atoms with E-state index >= 15 is 0 Å². The Balaban J connectivity index is 2.47. The van der Waals surface area contributed by atoms with Crippen LogP contribution in [0.5, 0.6) is 5.75 Å². The second kappa shape index (κ2) is 3.95. The van der Waals surface area contributed by atoms with Crippen molar-refractivity contribution in [2.24, 2.45) is 5.73 Å². The van der Waals surface area contributed by atoms with Gasteiger partial charge in [0.25, 0.3) is 5.92 Å². The number of hydrogen-bond acceptors (Lipinski definition) is 2. The molecular weight excluding hydrogens is 224 g/mol. The van der Waals surface area contributed by atoms with Crippen molar-refractivity contribution < 1.29 is 13.5 Å². The molecule has 0 saturated heterocycles. The Bertz CT molecular complexity index is 422. The van der Waals surface area contributed by atoms with Crippen molar-refractivity contribution in [1.29, 1.82) is 0 Å². The number of alkyl halides is 2. The fraction of sp³-hybridized carbons (Fsp3) is 0.538. The van der Waals surface area contributed by atoms with Crippen LogP contribution in [0, 0.1) is 0 Å². The van der Waals surface area contributed by atoms with Crippen LogP contribution in [0.1, 0.15) is 37.3 Å². The van der Waals surface area contributed by atoms with Gasteiger partial charge in [-0.2, -0.15) is 0 Å². The van der Waals surface area contributed by atoms with E-state index in [1.807, 2.05) is 0 Å². The molecule has 1 aliphatic carbocycles. The smallest absolute Gasteiger partial charge is 0.270 e. The van der Waals surface area contributed by atoms with Crippen LogP contribution < -0.4 is 10.5 Å². The minimum absolute atomic E-state index is 0.00924. The summed E-state index contributed by atoms with van der Waals surface area (Å²) in [6.45, 7) is 0.891. The van der Waals surface area contributed by atoms with E-state index in [-0.39, 0.29) is 5.56 Å². The van der Waals surface area contributed by atoms with Gasteiger partial charge in [-0.15, -0.1) is 0 Å². The number of benzene rings is 1. The van der Waals surface area contributed by atoms with E-state index in [1.165, 1.54) is 19.2 Å². The van der Waals surface area contributed by atoms with Gasteiger partial charge in [0.1, 0.15) is 5.75 Å². The molecule has 0 unspecified atom stereocenters. The number of methoxy groups -OCH3 is 1. The Morgan fingerprint density at radius 1 is 1.35 bits per heavy atom. The molecule has 1 fully saturated rings. The van der Waals surface area contributed by atoms with Gasteiger partial charge < -0.3 is 10.5 Å². The first kappa shape index (κ1) is 12.3. The number of halogens is 2. The fourth-order valence-electron chi connectivity index (χ4n) is 2.20. The van der Waals surface area contributed by atoms with Crippen LogP contribution in [0.2, 0.25) is 0 Å². The SMILES string of the molecule is COc1ccc(C(C)(F)F)cc1C1(N)CCC1. The Hall–Kier alpha value is -1.16. The lowest BCUT2D eigenvalue weighted by Gasteiger charge is -2.39. The molecule has 1 saturated carbocycles. The standard InChI is InChI=1S/C13H17F2NO/c1-12(14,15)9-4-5-11(17-2)10(8-9)13(16)6-3-7-13/h4-5,8H,3,6-7,16H2,1-2H3. The van der Waals surface area contributed by atoms with Crippen LogP contribution >= 0.6 is 0 Å². The van der Waals surface area contributed by atoms with Gasteiger partial charge in [-0.1, -0.05) is 0 Å². The van der Waals surface area contributed by atoms with E-state index in [0.717, 1.165) is 26.2 Å². The molecular formula is C13H17F2NO. The maximum atomic E-state index is 13.3. The van der Waals surface area contributed by atoms with E-state index in [1.54, 1.807) is 6.07 Å². The maximum Gasteiger partial charge on any atom is 0.270 e. The van der Waals surface area contributed by atoms with E-state index in [9.17, 15) is 8.78 Å². The highest BCUT2D eigenvalue weighted by Crippen LogP contribution is 2.44. The number of hydrogen-bond donors (Lipinski definition) is 1. The third-order valence-electron chi connectivity index (χ3n) is 3.49. The van der Waals surface area contributed by atoms with Crippen molar-refractivity contribution in [3.05, 3.63) is 29.3 Å². The molecule has 2 N–H and O–H groups in total. The third kappa shape index (κ3) is 2.14. The predicted octanol–water partition coefficient (Wildman–Crippen LogP) is 3.14.